The molecule has 0 aliphatic heterocycles. The van der Waals surface area contributed by atoms with Crippen LogP contribution in [0.2, 0.25) is 24.7 Å². The van der Waals surface area contributed by atoms with E-state index in [0.29, 0.717) is 5.04 Å². The second kappa shape index (κ2) is 4.49. The molecule has 0 bridgehead atoms. The summed E-state index contributed by atoms with van der Waals surface area (Å²) >= 11 is 0. The molecular formula is C14H25Si2. The van der Waals surface area contributed by atoms with Gasteiger partial charge in [-0.05, 0) is 12.0 Å². The van der Waals surface area contributed by atoms with Gasteiger partial charge in [-0.25, -0.2) is 0 Å². The lowest BCUT2D eigenvalue weighted by Crippen LogP contribution is -2.57. The van der Waals surface area contributed by atoms with E-state index < -0.39 is 7.59 Å². The zero-order chi connectivity index (χ0) is 12.6. The van der Waals surface area contributed by atoms with Gasteiger partial charge in [-0.15, -0.1) is 0 Å². The summed E-state index contributed by atoms with van der Waals surface area (Å²) in [6.07, 6.45) is 0. The maximum absolute atomic E-state index is 2.56. The Bertz CT molecular complexity index is 344. The van der Waals surface area contributed by atoms with Gasteiger partial charge >= 0.3 is 0 Å². The van der Waals surface area contributed by atoms with E-state index in [1.807, 2.05) is 0 Å². The Morgan fingerprint density at radius 2 is 1.44 bits per heavy atom. The molecule has 1 radical (unpaired) electrons. The molecular weight excluding hydrogens is 224 g/mol. The SMILES string of the molecule is Cc1ccc([Si](C)[Si](C)(C)C(C)(C)C)cc1. The van der Waals surface area contributed by atoms with E-state index in [2.05, 4.69) is 71.6 Å². The van der Waals surface area contributed by atoms with Crippen LogP contribution < -0.4 is 5.19 Å². The average molecular weight is 250 g/mol. The summed E-state index contributed by atoms with van der Waals surface area (Å²) < 4.78 is 0. The Labute approximate surface area is 103 Å². The molecule has 1 rings (SSSR count). The minimum absolute atomic E-state index is 0.378. The molecule has 0 nitrogen and oxygen atoms in total. The van der Waals surface area contributed by atoms with Crippen LogP contribution in [0.15, 0.2) is 24.3 Å². The fourth-order valence-corrected chi connectivity index (χ4v) is 10.3. The molecule has 0 aliphatic carbocycles. The van der Waals surface area contributed by atoms with E-state index >= 15 is 0 Å². The molecule has 16 heavy (non-hydrogen) atoms. The van der Waals surface area contributed by atoms with Crippen LogP contribution in [0, 0.1) is 6.92 Å². The molecule has 0 atom stereocenters. The number of hydrogen-bond acceptors (Lipinski definition) is 0. The van der Waals surface area contributed by atoms with Crippen LogP contribution in [0.25, 0.3) is 0 Å². The van der Waals surface area contributed by atoms with Gasteiger partial charge in [0.25, 0.3) is 0 Å². The van der Waals surface area contributed by atoms with Crippen molar-refractivity contribution in [3.8, 4) is 0 Å². The molecule has 0 aliphatic rings. The third-order valence-corrected chi connectivity index (χ3v) is 19.9. The number of benzene rings is 1. The molecule has 1 aromatic rings. The highest BCUT2D eigenvalue weighted by atomic mass is 29.2. The second-order valence-electron chi connectivity index (χ2n) is 6.37. The van der Waals surface area contributed by atoms with Gasteiger partial charge in [-0.2, -0.15) is 0 Å². The standard InChI is InChI=1S/C14H25Si2/c1-12-8-10-13(11-9-12)15(5)16(6,7)14(2,3)4/h8-11H,1-7H3. The van der Waals surface area contributed by atoms with Gasteiger partial charge in [0.15, 0.2) is 0 Å². The number of aryl methyl sites for hydroxylation is 1. The normalized spacial score (nSPS) is 13.2. The minimum atomic E-state index is -1.16. The molecule has 0 aromatic heterocycles. The summed E-state index contributed by atoms with van der Waals surface area (Å²) in [4.78, 5) is 0. The molecule has 0 spiro atoms. The first-order chi connectivity index (χ1) is 7.16. The molecule has 0 unspecified atom stereocenters. The Morgan fingerprint density at radius 3 is 1.81 bits per heavy atom. The van der Waals surface area contributed by atoms with Crippen molar-refractivity contribution in [1.82, 2.24) is 0 Å². The minimum Gasteiger partial charge on any atom is -0.0708 e. The Kier molecular flexibility index (Phi) is 3.85. The van der Waals surface area contributed by atoms with Gasteiger partial charge in [0.2, 0.25) is 0 Å². The van der Waals surface area contributed by atoms with Crippen LogP contribution in [0.3, 0.4) is 0 Å². The maximum Gasteiger partial charge on any atom is 0.0746 e. The van der Waals surface area contributed by atoms with Crippen LogP contribution in [0.5, 0.6) is 0 Å². The molecule has 0 saturated carbocycles. The van der Waals surface area contributed by atoms with Crippen molar-refractivity contribution in [2.24, 2.45) is 0 Å². The molecule has 89 valence electrons. The fraction of sp³-hybridized carbons (Fsp3) is 0.571. The van der Waals surface area contributed by atoms with E-state index in [0.717, 1.165) is 0 Å². The van der Waals surface area contributed by atoms with Crippen LogP contribution in [0.4, 0.5) is 0 Å². The lowest BCUT2D eigenvalue weighted by Gasteiger charge is -2.41. The lowest BCUT2D eigenvalue weighted by atomic mass is 10.2. The molecule has 0 N–H and O–H groups in total. The van der Waals surface area contributed by atoms with Crippen molar-refractivity contribution < 1.29 is 0 Å². The number of rotatable bonds is 2. The largest absolute Gasteiger partial charge is 0.0746 e. The molecule has 0 fully saturated rings. The van der Waals surface area contributed by atoms with E-state index in [1.165, 1.54) is 5.56 Å². The molecule has 0 heterocycles. The third-order valence-electron chi connectivity index (χ3n) is 4.30. The Morgan fingerprint density at radius 1 is 1.00 bits per heavy atom. The van der Waals surface area contributed by atoms with Gasteiger partial charge < -0.3 is 0 Å². The smallest absolute Gasteiger partial charge is 0.0708 e. The average Bonchev–Trinajstić information content (AvgIpc) is 2.16. The summed E-state index contributed by atoms with van der Waals surface area (Å²) in [5.41, 5.74) is 1.37. The molecule has 2 heteroatoms. The first-order valence-corrected chi connectivity index (χ1v) is 12.1. The van der Waals surface area contributed by atoms with Crippen LogP contribution in [-0.2, 0) is 0 Å². The zero-order valence-electron chi connectivity index (χ0n) is 11.8. The van der Waals surface area contributed by atoms with E-state index in [9.17, 15) is 0 Å². The zero-order valence-corrected chi connectivity index (χ0v) is 13.8. The quantitative estimate of drug-likeness (QED) is 0.697. The van der Waals surface area contributed by atoms with Crippen LogP contribution in [0.1, 0.15) is 26.3 Å². The fourth-order valence-electron chi connectivity index (χ4n) is 1.73. The summed E-state index contributed by atoms with van der Waals surface area (Å²) in [6, 6.07) is 9.22. The lowest BCUT2D eigenvalue weighted by molar-refractivity contribution is 0.734. The molecule has 0 amide bonds. The van der Waals surface area contributed by atoms with Gasteiger partial charge in [0.05, 0.1) is 8.31 Å². The third kappa shape index (κ3) is 2.66. The maximum atomic E-state index is 2.56. The Balaban J connectivity index is 3.02. The highest BCUT2D eigenvalue weighted by molar-refractivity contribution is 7.37. The Hall–Kier alpha value is -0.346. The first kappa shape index (κ1) is 13.7. The van der Waals surface area contributed by atoms with Gasteiger partial charge in [0.1, 0.15) is 0 Å². The van der Waals surface area contributed by atoms with Crippen LogP contribution in [-0.4, -0.2) is 15.9 Å². The highest BCUT2D eigenvalue weighted by Gasteiger charge is 2.41. The summed E-state index contributed by atoms with van der Waals surface area (Å²) in [6.45, 7) is 17.0. The molecule has 1 aromatic carbocycles. The van der Waals surface area contributed by atoms with Crippen molar-refractivity contribution in [3.05, 3.63) is 29.8 Å². The van der Waals surface area contributed by atoms with E-state index in [-0.39, 0.29) is 8.31 Å². The first-order valence-electron chi connectivity index (χ1n) is 6.07. The van der Waals surface area contributed by atoms with Gasteiger partial charge in [0, 0.05) is 7.59 Å². The summed E-state index contributed by atoms with van der Waals surface area (Å²) in [5, 5.41) is 2.11. The number of hydrogen-bond donors (Lipinski definition) is 0. The van der Waals surface area contributed by atoms with Gasteiger partial charge in [-0.1, -0.05) is 75.4 Å². The highest BCUT2D eigenvalue weighted by Crippen LogP contribution is 2.37. The van der Waals surface area contributed by atoms with Crippen molar-refractivity contribution in [1.29, 1.82) is 0 Å². The monoisotopic (exact) mass is 249 g/mol. The predicted molar refractivity (Wildman–Crippen MR) is 79.6 cm³/mol. The van der Waals surface area contributed by atoms with Gasteiger partial charge in [-0.3, -0.25) is 0 Å². The summed E-state index contributed by atoms with van der Waals surface area (Å²) in [7, 11) is -1.54. The predicted octanol–water partition coefficient (Wildman–Crippen LogP) is 3.91. The molecule has 0 saturated heterocycles. The second-order valence-corrected chi connectivity index (χ2v) is 18.9. The topological polar surface area (TPSA) is 0 Å². The van der Waals surface area contributed by atoms with Crippen molar-refractivity contribution in [2.45, 2.75) is 52.4 Å². The van der Waals surface area contributed by atoms with Crippen molar-refractivity contribution in [3.63, 3.8) is 0 Å². The van der Waals surface area contributed by atoms with Crippen LogP contribution >= 0.6 is 0 Å². The van der Waals surface area contributed by atoms with Crippen molar-refractivity contribution >= 4 is 21.1 Å². The van der Waals surface area contributed by atoms with Crippen molar-refractivity contribution in [2.75, 3.05) is 0 Å². The van der Waals surface area contributed by atoms with E-state index in [1.54, 1.807) is 5.19 Å². The summed E-state index contributed by atoms with van der Waals surface area (Å²) in [5.74, 6) is 0. The van der Waals surface area contributed by atoms with E-state index in [4.69, 9.17) is 0 Å².